The van der Waals surface area contributed by atoms with Gasteiger partial charge in [0.05, 0.1) is 30.0 Å². The summed E-state index contributed by atoms with van der Waals surface area (Å²) in [5.74, 6) is -0.434. The maximum Gasteiger partial charge on any atom is 0.341 e. The Morgan fingerprint density at radius 3 is 2.40 bits per heavy atom. The van der Waals surface area contributed by atoms with Crippen LogP contribution in [-0.4, -0.2) is 32.7 Å². The van der Waals surface area contributed by atoms with E-state index in [4.69, 9.17) is 32.7 Å². The number of carbonyl (C=O) groups excluding carboxylic acids is 2. The SMILES string of the molecule is COC(=O)c1cc(Cl)c(NC(=O)COc2ccccc2Cl)cc1OC. The molecule has 0 aromatic heterocycles. The van der Waals surface area contributed by atoms with E-state index >= 15 is 0 Å². The van der Waals surface area contributed by atoms with Crippen molar-refractivity contribution in [2.75, 3.05) is 26.1 Å². The molecule has 132 valence electrons. The van der Waals surface area contributed by atoms with Crippen molar-refractivity contribution in [2.45, 2.75) is 0 Å². The van der Waals surface area contributed by atoms with Crippen LogP contribution in [0, 0.1) is 0 Å². The first-order valence-corrected chi connectivity index (χ1v) is 7.85. The van der Waals surface area contributed by atoms with Gasteiger partial charge in [-0.05, 0) is 18.2 Å². The van der Waals surface area contributed by atoms with Crippen molar-refractivity contribution in [3.63, 3.8) is 0 Å². The third-order valence-electron chi connectivity index (χ3n) is 3.16. The summed E-state index contributed by atoms with van der Waals surface area (Å²) in [4.78, 5) is 23.7. The van der Waals surface area contributed by atoms with E-state index in [1.54, 1.807) is 24.3 Å². The normalized spacial score (nSPS) is 10.1. The molecule has 0 spiro atoms. The first-order chi connectivity index (χ1) is 12.0. The maximum absolute atomic E-state index is 12.1. The van der Waals surface area contributed by atoms with E-state index in [2.05, 4.69) is 10.1 Å². The molecule has 0 saturated heterocycles. The van der Waals surface area contributed by atoms with Crippen LogP contribution in [0.5, 0.6) is 11.5 Å². The lowest BCUT2D eigenvalue weighted by molar-refractivity contribution is -0.118. The number of carbonyl (C=O) groups is 2. The molecule has 2 aromatic carbocycles. The molecule has 0 bridgehead atoms. The van der Waals surface area contributed by atoms with E-state index in [0.717, 1.165) is 0 Å². The van der Waals surface area contributed by atoms with E-state index in [-0.39, 0.29) is 28.6 Å². The highest BCUT2D eigenvalue weighted by Crippen LogP contribution is 2.31. The van der Waals surface area contributed by atoms with E-state index in [0.29, 0.717) is 10.8 Å². The molecule has 0 saturated carbocycles. The Morgan fingerprint density at radius 1 is 1.04 bits per heavy atom. The number of para-hydroxylation sites is 1. The standard InChI is InChI=1S/C17H15Cl2NO5/c1-23-15-8-13(12(19)7-10(15)17(22)24-2)20-16(21)9-25-14-6-4-3-5-11(14)18/h3-8H,9H2,1-2H3,(H,20,21). The molecule has 6 nitrogen and oxygen atoms in total. The van der Waals surface area contributed by atoms with Crippen LogP contribution < -0.4 is 14.8 Å². The molecule has 0 heterocycles. The van der Waals surface area contributed by atoms with Crippen LogP contribution in [-0.2, 0) is 9.53 Å². The summed E-state index contributed by atoms with van der Waals surface area (Å²) < 4.78 is 15.1. The van der Waals surface area contributed by atoms with Gasteiger partial charge in [0.2, 0.25) is 0 Å². The van der Waals surface area contributed by atoms with Crippen molar-refractivity contribution < 1.29 is 23.8 Å². The zero-order chi connectivity index (χ0) is 18.4. The van der Waals surface area contributed by atoms with Crippen LogP contribution in [0.3, 0.4) is 0 Å². The van der Waals surface area contributed by atoms with Crippen molar-refractivity contribution in [3.8, 4) is 11.5 Å². The fraction of sp³-hybridized carbons (Fsp3) is 0.176. The summed E-state index contributed by atoms with van der Waals surface area (Å²) in [6.45, 7) is -0.263. The van der Waals surface area contributed by atoms with E-state index in [1.165, 1.54) is 26.4 Å². The van der Waals surface area contributed by atoms with Gasteiger partial charge in [-0.3, -0.25) is 4.79 Å². The molecular weight excluding hydrogens is 369 g/mol. The Kier molecular flexibility index (Phi) is 6.50. The number of anilines is 1. The quantitative estimate of drug-likeness (QED) is 0.767. The molecule has 0 unspecified atom stereocenters. The molecule has 0 aliphatic heterocycles. The number of rotatable bonds is 6. The van der Waals surface area contributed by atoms with Gasteiger partial charge in [-0.1, -0.05) is 35.3 Å². The topological polar surface area (TPSA) is 73.9 Å². The number of halogens is 2. The Labute approximate surface area is 154 Å². The third kappa shape index (κ3) is 4.78. The second kappa shape index (κ2) is 8.60. The van der Waals surface area contributed by atoms with E-state index < -0.39 is 11.9 Å². The van der Waals surface area contributed by atoms with Gasteiger partial charge >= 0.3 is 5.97 Å². The molecule has 1 amide bonds. The number of hydrogen-bond acceptors (Lipinski definition) is 5. The monoisotopic (exact) mass is 383 g/mol. The van der Waals surface area contributed by atoms with Gasteiger partial charge < -0.3 is 19.5 Å². The minimum Gasteiger partial charge on any atom is -0.496 e. The number of esters is 1. The van der Waals surface area contributed by atoms with Gasteiger partial charge in [-0.2, -0.15) is 0 Å². The predicted molar refractivity (Wildman–Crippen MR) is 94.9 cm³/mol. The summed E-state index contributed by atoms with van der Waals surface area (Å²) in [5, 5.41) is 3.15. The van der Waals surface area contributed by atoms with Gasteiger partial charge in [-0.25, -0.2) is 4.79 Å². The summed E-state index contributed by atoms with van der Waals surface area (Å²) in [6, 6.07) is 9.59. The van der Waals surface area contributed by atoms with Crippen LogP contribution in [0.25, 0.3) is 0 Å². The van der Waals surface area contributed by atoms with Crippen LogP contribution in [0.1, 0.15) is 10.4 Å². The second-order valence-corrected chi connectivity index (χ2v) is 5.61. The van der Waals surface area contributed by atoms with Gasteiger partial charge in [0.1, 0.15) is 17.1 Å². The number of ether oxygens (including phenoxy) is 3. The Balaban J connectivity index is 2.10. The molecule has 0 atom stereocenters. The molecule has 25 heavy (non-hydrogen) atoms. The third-order valence-corrected chi connectivity index (χ3v) is 3.79. The fourth-order valence-electron chi connectivity index (χ4n) is 1.98. The average Bonchev–Trinajstić information content (AvgIpc) is 2.61. The molecule has 2 rings (SSSR count). The van der Waals surface area contributed by atoms with Crippen molar-refractivity contribution in [1.29, 1.82) is 0 Å². The second-order valence-electron chi connectivity index (χ2n) is 4.79. The molecule has 8 heteroatoms. The average molecular weight is 384 g/mol. The van der Waals surface area contributed by atoms with E-state index in [9.17, 15) is 9.59 Å². The molecule has 0 fully saturated rings. The molecule has 0 aliphatic carbocycles. The number of nitrogens with one attached hydrogen (secondary N) is 1. The Hall–Kier alpha value is -2.44. The summed E-state index contributed by atoms with van der Waals surface area (Å²) in [7, 11) is 2.64. The van der Waals surface area contributed by atoms with Crippen LogP contribution in [0.4, 0.5) is 5.69 Å². The number of amides is 1. The smallest absolute Gasteiger partial charge is 0.341 e. The zero-order valence-electron chi connectivity index (χ0n) is 13.5. The summed E-state index contributed by atoms with van der Waals surface area (Å²) in [5.41, 5.74) is 0.430. The van der Waals surface area contributed by atoms with Crippen molar-refractivity contribution in [2.24, 2.45) is 0 Å². The summed E-state index contributed by atoms with van der Waals surface area (Å²) in [6.07, 6.45) is 0. The molecule has 0 aliphatic rings. The highest BCUT2D eigenvalue weighted by atomic mass is 35.5. The maximum atomic E-state index is 12.1. The largest absolute Gasteiger partial charge is 0.496 e. The Morgan fingerprint density at radius 2 is 1.76 bits per heavy atom. The predicted octanol–water partition coefficient (Wildman–Crippen LogP) is 3.81. The van der Waals surface area contributed by atoms with Crippen molar-refractivity contribution in [3.05, 3.63) is 52.0 Å². The highest BCUT2D eigenvalue weighted by molar-refractivity contribution is 6.34. The molecule has 0 radical (unpaired) electrons. The van der Waals surface area contributed by atoms with Gasteiger partial charge in [0.25, 0.3) is 5.91 Å². The number of hydrogen-bond donors (Lipinski definition) is 1. The highest BCUT2D eigenvalue weighted by Gasteiger charge is 2.17. The first kappa shape index (κ1) is 18.9. The van der Waals surface area contributed by atoms with Crippen molar-refractivity contribution in [1.82, 2.24) is 0 Å². The molecular formula is C17H15Cl2NO5. The van der Waals surface area contributed by atoms with E-state index in [1.807, 2.05) is 0 Å². The zero-order valence-corrected chi connectivity index (χ0v) is 15.0. The van der Waals surface area contributed by atoms with Crippen LogP contribution in [0.2, 0.25) is 10.0 Å². The minimum atomic E-state index is -0.598. The lowest BCUT2D eigenvalue weighted by Gasteiger charge is -2.13. The summed E-state index contributed by atoms with van der Waals surface area (Å²) >= 11 is 12.1. The lowest BCUT2D eigenvalue weighted by Crippen LogP contribution is -2.20. The lowest BCUT2D eigenvalue weighted by atomic mass is 10.1. The van der Waals surface area contributed by atoms with Crippen LogP contribution >= 0.6 is 23.2 Å². The van der Waals surface area contributed by atoms with Gasteiger partial charge in [0, 0.05) is 6.07 Å². The van der Waals surface area contributed by atoms with Crippen molar-refractivity contribution >= 4 is 40.8 Å². The number of benzene rings is 2. The molecule has 1 N–H and O–H groups in total. The van der Waals surface area contributed by atoms with Gasteiger partial charge in [0.15, 0.2) is 6.61 Å². The minimum absolute atomic E-state index is 0.153. The first-order valence-electron chi connectivity index (χ1n) is 7.09. The fourth-order valence-corrected chi connectivity index (χ4v) is 2.38. The number of methoxy groups -OCH3 is 2. The van der Waals surface area contributed by atoms with Crippen LogP contribution in [0.15, 0.2) is 36.4 Å². The Bertz CT molecular complexity index is 795. The van der Waals surface area contributed by atoms with Gasteiger partial charge in [-0.15, -0.1) is 0 Å². The molecule has 2 aromatic rings.